The Bertz CT molecular complexity index is 3320. The van der Waals surface area contributed by atoms with Crippen molar-refractivity contribution in [3.63, 3.8) is 0 Å². The molecule has 716 valence electrons. The number of nitrogens with zero attached hydrogens (tertiary/aromatic N) is 1. The molecule has 21 N–H and O–H groups in total. The molecule has 0 aliphatic carbocycles. The van der Waals surface area contributed by atoms with E-state index in [0.717, 1.165) is 6.92 Å². The summed E-state index contributed by atoms with van der Waals surface area (Å²) < 4.78 is 84.2. The Morgan fingerprint density at radius 3 is 1.33 bits per heavy atom. The molecule has 0 radical (unpaired) electrons. The Labute approximate surface area is 718 Å². The topological polar surface area (TPSA) is 687 Å². The molecule has 124 heavy (non-hydrogen) atoms. The summed E-state index contributed by atoms with van der Waals surface area (Å²) >= 11 is 0. The second-order valence-electron chi connectivity index (χ2n) is 32.2. The van der Waals surface area contributed by atoms with Gasteiger partial charge in [-0.3, -0.25) is 52.5 Å². The lowest BCUT2D eigenvalue weighted by Gasteiger charge is -2.42. The first-order chi connectivity index (χ1) is 58.8. The van der Waals surface area contributed by atoms with Crippen LogP contribution in [0, 0.1) is 28.6 Å². The number of ether oxygens (including phenoxy) is 12. The number of aliphatic hydroxyl groups is 13. The second-order valence-corrected chi connectivity index (χ2v) is 33.4. The summed E-state index contributed by atoms with van der Waals surface area (Å²) in [4.78, 5) is 157. The van der Waals surface area contributed by atoms with Crippen molar-refractivity contribution >= 4 is 66.5 Å². The molecule has 5 rings (SSSR count). The van der Waals surface area contributed by atoms with Gasteiger partial charge in [-0.05, 0) is 38.5 Å². The average Bonchev–Trinajstić information content (AvgIpc) is 1.61. The number of phosphoric acid groups is 1. The van der Waals surface area contributed by atoms with Crippen LogP contribution in [-0.2, 0) is 114 Å². The highest BCUT2D eigenvalue weighted by Gasteiger charge is 2.54. The Kier molecular flexibility index (Phi) is 48.7. The fraction of sp³-hybridized carbons (Fsp3) is 0.870. The molecule has 5 fully saturated rings. The summed E-state index contributed by atoms with van der Waals surface area (Å²) in [6.45, 7) is 3.64. The lowest BCUT2D eigenvalue weighted by Crippen LogP contribution is -2.64. The quantitative estimate of drug-likeness (QED) is 0.0199. The van der Waals surface area contributed by atoms with E-state index < -0.39 is 271 Å². The van der Waals surface area contributed by atoms with Gasteiger partial charge in [-0.15, -0.1) is 0 Å². The highest BCUT2D eigenvalue weighted by molar-refractivity contribution is 7.46. The van der Waals surface area contributed by atoms with Gasteiger partial charge in [0, 0.05) is 133 Å². The van der Waals surface area contributed by atoms with Crippen molar-refractivity contribution in [1.82, 2.24) is 36.8 Å². The number of carbonyl (C=O) groups is 10. The van der Waals surface area contributed by atoms with Crippen LogP contribution in [0.25, 0.3) is 0 Å². The summed E-state index contributed by atoms with van der Waals surface area (Å²) in [5.41, 5.74) is -2.22. The summed E-state index contributed by atoms with van der Waals surface area (Å²) in [7, 11) is -4.97. The van der Waals surface area contributed by atoms with E-state index in [2.05, 4.69) is 31.9 Å². The van der Waals surface area contributed by atoms with Crippen LogP contribution in [0.5, 0.6) is 0 Å². The zero-order valence-corrected chi connectivity index (χ0v) is 72.0. The van der Waals surface area contributed by atoms with Crippen molar-refractivity contribution in [2.75, 3.05) is 145 Å². The van der Waals surface area contributed by atoms with Gasteiger partial charge in [0.25, 0.3) is 0 Å². The molecule has 5 aliphatic rings. The maximum Gasteiger partial charge on any atom is 0.469 e. The maximum absolute atomic E-state index is 14.9. The Balaban J connectivity index is 1.31. The molecule has 47 heteroatoms. The molecule has 0 saturated carbocycles. The molecule has 0 bridgehead atoms. The number of rotatable bonds is 60. The number of ketones is 3. The minimum Gasteiger partial charge on any atom is -0.396 e. The Morgan fingerprint density at radius 2 is 0.863 bits per heavy atom. The zero-order chi connectivity index (χ0) is 92.0. The first-order valence-electron chi connectivity index (χ1n) is 41.9. The maximum atomic E-state index is 14.9. The van der Waals surface area contributed by atoms with E-state index >= 15 is 0 Å². The lowest BCUT2D eigenvalue weighted by atomic mass is 9.69. The molecule has 0 spiro atoms. The Morgan fingerprint density at radius 1 is 0.444 bits per heavy atom. The van der Waals surface area contributed by atoms with Crippen LogP contribution in [0.15, 0.2) is 0 Å². The SMILES string of the molecule is CC(=O)N[C@H]1C(OCCOCCCC(=O)[C@H](CCC(=O)NCCOCCOC2O[C@H](CO)[C@H](O)[C@H](O)[C@H]2NC(C)=O)NC(=O)CCC(CC(=O)CCCC(=O)N2C[C@](C)(CO)[C@](C)(COP(=O)(O)O)C2)C(=O)NC(CCC(=O)CCCOCCOC2O[C@H](CO)[C@H](O)[C@H](O)[C@H]2C)C(=O)NCCOCCOC2O[C@H](CO)[C@H](O)[C@H](O)[C@H]2C)O[C@H](CO)[C@H](O)[C@@H]1O. The number of likely N-dealkylation sites (tertiary alicyclic amines) is 1. The fourth-order valence-corrected chi connectivity index (χ4v) is 15.0. The predicted octanol–water partition coefficient (Wildman–Crippen LogP) is -7.90. The highest BCUT2D eigenvalue weighted by atomic mass is 31.2. The van der Waals surface area contributed by atoms with E-state index in [1.807, 2.05) is 0 Å². The van der Waals surface area contributed by atoms with Gasteiger partial charge >= 0.3 is 7.82 Å². The zero-order valence-electron chi connectivity index (χ0n) is 71.1. The largest absolute Gasteiger partial charge is 0.469 e. The number of phosphoric ester groups is 1. The third-order valence-corrected chi connectivity index (χ3v) is 22.9. The van der Waals surface area contributed by atoms with Gasteiger partial charge in [-0.25, -0.2) is 4.57 Å². The summed E-state index contributed by atoms with van der Waals surface area (Å²) in [5, 5.41) is 148. The van der Waals surface area contributed by atoms with Crippen LogP contribution < -0.4 is 31.9 Å². The van der Waals surface area contributed by atoms with Gasteiger partial charge in [0.1, 0.15) is 90.7 Å². The van der Waals surface area contributed by atoms with E-state index in [4.69, 9.17) is 61.4 Å². The standard InChI is InChI=1S/C77H134N7O39P/c1-43-62(98)64(100)53(35-85)120-72(43)115-30-26-111-22-8-11-48(92)15-16-51(71(107)79-21-25-114-28-31-116-73-44(2)63(99)65(101)54(36-86)121-73)83-70(106)47(34-49(93)10-7-13-59(97)84-39-76(5,41-89)77(6,40-84)42-119-124(108,109)110)14-18-58(96)82-50(52(94)12-9-23-112-27-32-117-74-60(80-45(3)90)68(104)66(102)55(37-87)122-74)17-19-57(95)78-20-24-113-29-33-118-75-61(81-46(4)91)69(105)67(103)56(38-88)123-75/h43-44,47,50-51,53-56,60-69,72-75,85-89,98-105H,7-42H2,1-6H3,(H,78,95)(H,79,107)(H,80,90)(H,81,91)(H,82,96)(H,83,106)(H2,108,109,110)/t43-,44-,47?,50+,51?,53-,54-,55-,56-,60-,61-,62-,63-,64+,65+,66+,67+,68-,69-,72?,73?,74?,75?,76-,77+/m1/s1. The van der Waals surface area contributed by atoms with Crippen LogP contribution in [0.2, 0.25) is 0 Å². The molecule has 0 aromatic heterocycles. The predicted molar refractivity (Wildman–Crippen MR) is 423 cm³/mol. The molecule has 0 aromatic rings. The molecular weight excluding hydrogens is 1680 g/mol. The van der Waals surface area contributed by atoms with Gasteiger partial charge in [0.15, 0.2) is 30.9 Å². The van der Waals surface area contributed by atoms with E-state index in [-0.39, 0.29) is 182 Å². The molecule has 7 amide bonds. The number of hydrogen-bond donors (Lipinski definition) is 21. The second kappa shape index (κ2) is 55.4. The number of nitrogens with one attached hydrogen (secondary N) is 6. The molecule has 0 aromatic carbocycles. The van der Waals surface area contributed by atoms with Gasteiger partial charge in [-0.2, -0.15) is 0 Å². The highest BCUT2D eigenvalue weighted by Crippen LogP contribution is 2.49. The Hall–Kier alpha value is -5.59. The first-order valence-corrected chi connectivity index (χ1v) is 43.4. The van der Waals surface area contributed by atoms with Crippen molar-refractivity contribution in [2.45, 2.75) is 254 Å². The molecule has 46 nitrogen and oxygen atoms in total. The molecule has 5 saturated heterocycles. The number of carbonyl (C=O) groups excluding carboxylic acids is 10. The van der Waals surface area contributed by atoms with Crippen molar-refractivity contribution in [2.24, 2.45) is 28.6 Å². The van der Waals surface area contributed by atoms with E-state index in [1.54, 1.807) is 27.7 Å². The van der Waals surface area contributed by atoms with Crippen molar-refractivity contribution < 1.29 is 190 Å². The fourth-order valence-electron chi connectivity index (χ4n) is 14.6. The van der Waals surface area contributed by atoms with Gasteiger partial charge in [-0.1, -0.05) is 27.7 Å². The van der Waals surface area contributed by atoms with Crippen molar-refractivity contribution in [3.05, 3.63) is 0 Å². The molecule has 25 atom stereocenters. The monoisotopic (exact) mass is 1810 g/mol. The van der Waals surface area contributed by atoms with Crippen LogP contribution >= 0.6 is 7.82 Å². The van der Waals surface area contributed by atoms with Gasteiger partial charge in [0.2, 0.25) is 41.4 Å². The third kappa shape index (κ3) is 35.7. The van der Waals surface area contributed by atoms with Crippen LogP contribution in [0.4, 0.5) is 0 Å². The van der Waals surface area contributed by atoms with E-state index in [0.29, 0.717) is 0 Å². The van der Waals surface area contributed by atoms with Crippen LogP contribution in [-0.4, -0.2) is 407 Å². The van der Waals surface area contributed by atoms with Crippen molar-refractivity contribution in [1.29, 1.82) is 0 Å². The average molecular weight is 1810 g/mol. The van der Waals surface area contributed by atoms with Crippen LogP contribution in [0.1, 0.15) is 131 Å². The van der Waals surface area contributed by atoms with Gasteiger partial charge < -0.3 is 170 Å². The van der Waals surface area contributed by atoms with E-state index in [1.165, 1.54) is 11.8 Å². The van der Waals surface area contributed by atoms with Crippen molar-refractivity contribution in [3.8, 4) is 0 Å². The number of Topliss-reactive ketones (excluding diaryl/α,β-unsaturated/α-hetero) is 3. The minimum absolute atomic E-state index is 0.0172. The molecule has 5 aliphatic heterocycles. The van der Waals surface area contributed by atoms with E-state index in [9.17, 15) is 129 Å². The smallest absolute Gasteiger partial charge is 0.396 e. The normalized spacial score (nSPS) is 30.3. The first kappa shape index (κ1) is 109. The number of amides is 7. The number of hydrogen-bond acceptors (Lipinski definition) is 37. The molecular formula is C77H134N7O39P. The molecule has 6 unspecified atom stereocenters. The third-order valence-electron chi connectivity index (χ3n) is 22.4. The minimum atomic E-state index is -4.97. The lowest BCUT2D eigenvalue weighted by molar-refractivity contribution is -0.284. The summed E-state index contributed by atoms with van der Waals surface area (Å²) in [5.74, 6) is -9.22. The summed E-state index contributed by atoms with van der Waals surface area (Å²) in [6, 6.07) is -5.33. The van der Waals surface area contributed by atoms with Crippen LogP contribution in [0.3, 0.4) is 0 Å². The molecule has 5 heterocycles. The van der Waals surface area contributed by atoms with Gasteiger partial charge in [0.05, 0.1) is 124 Å². The summed E-state index contributed by atoms with van der Waals surface area (Å²) in [6.07, 6.45) is -24.5. The number of aliphatic hydroxyl groups excluding tert-OH is 13.